The molecule has 0 saturated heterocycles. The van der Waals surface area contributed by atoms with Crippen molar-refractivity contribution in [3.05, 3.63) is 30.0 Å². The largest absolute Gasteiger partial charge is 0.269 e. The van der Waals surface area contributed by atoms with E-state index in [0.717, 1.165) is 55.2 Å². The van der Waals surface area contributed by atoms with Crippen LogP contribution >= 0.6 is 0 Å². The molecule has 1 N–H and O–H groups in total. The van der Waals surface area contributed by atoms with E-state index in [0.29, 0.717) is 6.54 Å². The minimum Gasteiger partial charge on any atom is -0.269 e. The maximum atomic E-state index is 12.1. The van der Waals surface area contributed by atoms with E-state index >= 15 is 0 Å². The first-order valence-corrected chi connectivity index (χ1v) is 9.53. The van der Waals surface area contributed by atoms with Gasteiger partial charge in [-0.05, 0) is 32.3 Å². The molecule has 0 bridgehead atoms. The summed E-state index contributed by atoms with van der Waals surface area (Å²) >= 11 is 0. The van der Waals surface area contributed by atoms with Crippen LogP contribution in [0.1, 0.15) is 37.8 Å². The summed E-state index contributed by atoms with van der Waals surface area (Å²) in [4.78, 5) is 0. The van der Waals surface area contributed by atoms with Gasteiger partial charge in [0.15, 0.2) is 0 Å². The average molecular weight is 321 g/mol. The van der Waals surface area contributed by atoms with Gasteiger partial charge in [0.2, 0.25) is 10.0 Å². The van der Waals surface area contributed by atoms with Crippen LogP contribution in [0, 0.1) is 6.92 Å². The summed E-state index contributed by atoms with van der Waals surface area (Å²) in [6.07, 6.45) is 4.42. The first kappa shape index (κ1) is 15.5. The van der Waals surface area contributed by atoms with Crippen molar-refractivity contribution in [2.75, 3.05) is 6.54 Å². The van der Waals surface area contributed by atoms with Gasteiger partial charge in [-0.25, -0.2) is 13.1 Å². The number of aromatic nitrogens is 2. The molecule has 0 aliphatic heterocycles. The lowest BCUT2D eigenvalue weighted by Crippen LogP contribution is -2.33. The van der Waals surface area contributed by atoms with Gasteiger partial charge in [0.25, 0.3) is 0 Å². The van der Waals surface area contributed by atoms with Gasteiger partial charge in [-0.3, -0.25) is 4.68 Å². The highest BCUT2D eigenvalue weighted by Gasteiger charge is 2.27. The van der Waals surface area contributed by atoms with Crippen LogP contribution in [0.2, 0.25) is 0 Å². The number of nitrogens with zero attached hydrogens (tertiary/aromatic N) is 2. The summed E-state index contributed by atoms with van der Waals surface area (Å²) in [5, 5.41) is 5.55. The minimum absolute atomic E-state index is 0.179. The Bertz CT molecular complexity index is 746. The first-order chi connectivity index (χ1) is 10.6. The van der Waals surface area contributed by atoms with Crippen molar-refractivity contribution in [3.63, 3.8) is 0 Å². The van der Waals surface area contributed by atoms with Gasteiger partial charge < -0.3 is 0 Å². The molecule has 1 aromatic carbocycles. The van der Waals surface area contributed by atoms with Crippen LogP contribution in [-0.4, -0.2) is 30.0 Å². The molecule has 1 aliphatic carbocycles. The predicted molar refractivity (Wildman–Crippen MR) is 88.3 cm³/mol. The number of nitrogens with one attached hydrogen (secondary N) is 1. The van der Waals surface area contributed by atoms with Crippen LogP contribution in [0.25, 0.3) is 10.9 Å². The molecule has 0 radical (unpaired) electrons. The first-order valence-electron chi connectivity index (χ1n) is 7.98. The number of fused-ring (bicyclic) bond motifs is 1. The van der Waals surface area contributed by atoms with Crippen LogP contribution in [-0.2, 0) is 16.6 Å². The maximum absolute atomic E-state index is 12.1. The number of benzene rings is 1. The monoisotopic (exact) mass is 321 g/mol. The summed E-state index contributed by atoms with van der Waals surface area (Å²) < 4.78 is 29.0. The molecule has 120 valence electrons. The lowest BCUT2D eigenvalue weighted by Gasteiger charge is -2.12. The Hall–Kier alpha value is -1.40. The van der Waals surface area contributed by atoms with Crippen molar-refractivity contribution in [1.29, 1.82) is 0 Å². The second kappa shape index (κ2) is 6.38. The van der Waals surface area contributed by atoms with E-state index < -0.39 is 10.0 Å². The Morgan fingerprint density at radius 2 is 2.00 bits per heavy atom. The Balaban J connectivity index is 1.55. The van der Waals surface area contributed by atoms with Crippen molar-refractivity contribution >= 4 is 20.9 Å². The number of hydrogen-bond acceptors (Lipinski definition) is 3. The van der Waals surface area contributed by atoms with Crippen molar-refractivity contribution in [2.45, 2.75) is 50.8 Å². The van der Waals surface area contributed by atoms with Crippen LogP contribution in [0.15, 0.2) is 24.3 Å². The molecule has 5 nitrogen and oxygen atoms in total. The quantitative estimate of drug-likeness (QED) is 0.832. The third kappa shape index (κ3) is 3.17. The number of rotatable bonds is 6. The zero-order valence-corrected chi connectivity index (χ0v) is 13.8. The molecule has 0 atom stereocenters. The number of hydrogen-bond donors (Lipinski definition) is 1. The van der Waals surface area contributed by atoms with Gasteiger partial charge in [-0.2, -0.15) is 5.10 Å². The van der Waals surface area contributed by atoms with E-state index in [1.165, 1.54) is 0 Å². The second-order valence-corrected chi connectivity index (χ2v) is 8.07. The van der Waals surface area contributed by atoms with Crippen molar-refractivity contribution in [3.8, 4) is 0 Å². The highest BCUT2D eigenvalue weighted by atomic mass is 32.2. The molecule has 2 aromatic rings. The van der Waals surface area contributed by atoms with E-state index in [1.54, 1.807) is 0 Å². The molecule has 1 heterocycles. The van der Waals surface area contributed by atoms with Gasteiger partial charge in [-0.1, -0.05) is 31.0 Å². The molecule has 22 heavy (non-hydrogen) atoms. The highest BCUT2D eigenvalue weighted by Crippen LogP contribution is 2.23. The third-order valence-electron chi connectivity index (χ3n) is 4.50. The lowest BCUT2D eigenvalue weighted by molar-refractivity contribution is 0.540. The summed E-state index contributed by atoms with van der Waals surface area (Å²) in [5.41, 5.74) is 2.13. The van der Waals surface area contributed by atoms with Crippen LogP contribution in [0.3, 0.4) is 0 Å². The molecular weight excluding hydrogens is 298 g/mol. The van der Waals surface area contributed by atoms with E-state index in [1.807, 2.05) is 22.9 Å². The summed E-state index contributed by atoms with van der Waals surface area (Å²) in [6, 6.07) is 8.06. The van der Waals surface area contributed by atoms with Gasteiger partial charge in [0.05, 0.1) is 10.8 Å². The number of sulfonamides is 1. The Kier molecular flexibility index (Phi) is 4.49. The van der Waals surface area contributed by atoms with Crippen LogP contribution in [0.4, 0.5) is 0 Å². The zero-order chi connectivity index (χ0) is 15.6. The lowest BCUT2D eigenvalue weighted by atomic mass is 10.2. The topological polar surface area (TPSA) is 64.0 Å². The SMILES string of the molecule is Cc1c2ccccc2nn1CCCNS(=O)(=O)C1CCCC1. The summed E-state index contributed by atoms with van der Waals surface area (Å²) in [6.45, 7) is 3.26. The molecular formula is C16H23N3O2S. The molecule has 1 aromatic heterocycles. The van der Waals surface area contributed by atoms with Crippen molar-refractivity contribution < 1.29 is 8.42 Å². The molecule has 0 unspecified atom stereocenters. The Morgan fingerprint density at radius 3 is 2.73 bits per heavy atom. The predicted octanol–water partition coefficient (Wildman–Crippen LogP) is 2.60. The Morgan fingerprint density at radius 1 is 1.27 bits per heavy atom. The maximum Gasteiger partial charge on any atom is 0.214 e. The normalized spacial score (nSPS) is 16.6. The van der Waals surface area contributed by atoms with Gasteiger partial charge >= 0.3 is 0 Å². The van der Waals surface area contributed by atoms with E-state index in [4.69, 9.17) is 0 Å². The van der Waals surface area contributed by atoms with Crippen molar-refractivity contribution in [2.24, 2.45) is 0 Å². The molecule has 3 rings (SSSR count). The molecule has 6 heteroatoms. The van der Waals surface area contributed by atoms with Gasteiger partial charge in [0, 0.05) is 24.2 Å². The zero-order valence-electron chi connectivity index (χ0n) is 13.0. The fourth-order valence-electron chi connectivity index (χ4n) is 3.19. The fourth-order valence-corrected chi connectivity index (χ4v) is 4.81. The van der Waals surface area contributed by atoms with Gasteiger partial charge in [0.1, 0.15) is 0 Å². The fraction of sp³-hybridized carbons (Fsp3) is 0.562. The van der Waals surface area contributed by atoms with E-state index in [-0.39, 0.29) is 5.25 Å². The van der Waals surface area contributed by atoms with Crippen LogP contribution in [0.5, 0.6) is 0 Å². The molecule has 1 aliphatic rings. The second-order valence-electron chi connectivity index (χ2n) is 6.03. The van der Waals surface area contributed by atoms with E-state index in [9.17, 15) is 8.42 Å². The summed E-state index contributed by atoms with van der Waals surface area (Å²) in [5.74, 6) is 0. The highest BCUT2D eigenvalue weighted by molar-refractivity contribution is 7.90. The molecule has 0 amide bonds. The minimum atomic E-state index is -3.13. The van der Waals surface area contributed by atoms with E-state index in [2.05, 4.69) is 22.8 Å². The molecule has 1 fully saturated rings. The number of aryl methyl sites for hydroxylation is 2. The molecule has 0 spiro atoms. The Labute approximate surface area is 131 Å². The smallest absolute Gasteiger partial charge is 0.214 e. The van der Waals surface area contributed by atoms with Gasteiger partial charge in [-0.15, -0.1) is 0 Å². The van der Waals surface area contributed by atoms with Crippen molar-refractivity contribution in [1.82, 2.24) is 14.5 Å². The summed E-state index contributed by atoms with van der Waals surface area (Å²) in [7, 11) is -3.13. The third-order valence-corrected chi connectivity index (χ3v) is 6.46. The molecule has 1 saturated carbocycles. The average Bonchev–Trinajstić information content (AvgIpc) is 3.14. The van der Waals surface area contributed by atoms with Crippen LogP contribution < -0.4 is 4.72 Å². The standard InChI is InChI=1S/C16H23N3O2S/c1-13-15-9-4-5-10-16(15)18-19(13)12-6-11-17-22(20,21)14-7-2-3-8-14/h4-5,9-10,14,17H,2-3,6-8,11-12H2,1H3.